The zero-order chi connectivity index (χ0) is 7.00. The van der Waals surface area contributed by atoms with Crippen LogP contribution in [0.1, 0.15) is 13.8 Å². The Morgan fingerprint density at radius 2 is 1.25 bits per heavy atom. The highest BCUT2D eigenvalue weighted by atomic mass is 127. The minimum atomic E-state index is -3.24. The van der Waals surface area contributed by atoms with Crippen LogP contribution in [0.5, 0.6) is 0 Å². The van der Waals surface area contributed by atoms with Crippen molar-refractivity contribution in [1.82, 2.24) is 0 Å². The van der Waals surface area contributed by atoms with E-state index in [0.717, 1.165) is 29.5 Å². The zero-order valence-electron chi connectivity index (χ0n) is 4.51. The van der Waals surface area contributed by atoms with Crippen LogP contribution in [0.15, 0.2) is 0 Å². The summed E-state index contributed by atoms with van der Waals surface area (Å²) in [6.07, 6.45) is 0. The van der Waals surface area contributed by atoms with Crippen LogP contribution in [-0.4, -0.2) is 9.60 Å². The summed E-state index contributed by atoms with van der Waals surface area (Å²) < 4.78 is 33.4. The second kappa shape index (κ2) is 2.04. The van der Waals surface area contributed by atoms with Gasteiger partial charge in [0.15, 0.2) is 0 Å². The highest BCUT2D eigenvalue weighted by molar-refractivity contribution is 14.1. The van der Waals surface area contributed by atoms with E-state index in [9.17, 15) is 13.2 Å². The Labute approximate surface area is 59.6 Å². The monoisotopic (exact) mass is 238 g/mol. The van der Waals surface area contributed by atoms with Crippen LogP contribution in [0.25, 0.3) is 0 Å². The first-order valence-electron chi connectivity index (χ1n) is 2.01. The Kier molecular flexibility index (Phi) is 2.17. The van der Waals surface area contributed by atoms with Gasteiger partial charge in [-0.3, -0.25) is 0 Å². The van der Waals surface area contributed by atoms with Gasteiger partial charge in [0.1, 0.15) is 0 Å². The van der Waals surface area contributed by atoms with Crippen LogP contribution in [0.4, 0.5) is 13.2 Å². The van der Waals surface area contributed by atoms with Crippen molar-refractivity contribution in [3.8, 4) is 0 Å². The van der Waals surface area contributed by atoms with Crippen LogP contribution in [0.3, 0.4) is 0 Å². The summed E-state index contributed by atoms with van der Waals surface area (Å²) in [5.41, 5.74) is 0. The fourth-order valence-corrected chi connectivity index (χ4v) is 0. The van der Waals surface area contributed by atoms with Crippen molar-refractivity contribution in [2.75, 3.05) is 0 Å². The molecule has 0 saturated carbocycles. The summed E-state index contributed by atoms with van der Waals surface area (Å²) in [6.45, 7) is 1.40. The van der Waals surface area contributed by atoms with Gasteiger partial charge in [0.25, 0.3) is 5.92 Å². The number of rotatable bonds is 1. The molecule has 0 aliphatic heterocycles. The molecule has 1 atom stereocenters. The molecule has 0 saturated heterocycles. The summed E-state index contributed by atoms with van der Waals surface area (Å²) in [7, 11) is 0. The van der Waals surface area contributed by atoms with Gasteiger partial charge in [-0.2, -0.15) is 0 Å². The van der Waals surface area contributed by atoms with E-state index in [0.29, 0.717) is 6.92 Å². The van der Waals surface area contributed by atoms with Crippen LogP contribution >= 0.6 is 22.6 Å². The molecule has 0 unspecified atom stereocenters. The predicted molar refractivity (Wildman–Crippen MR) is 34.2 cm³/mol. The lowest BCUT2D eigenvalue weighted by Gasteiger charge is -2.19. The van der Waals surface area contributed by atoms with Crippen molar-refractivity contribution in [3.05, 3.63) is 0 Å². The second-order valence-corrected chi connectivity index (χ2v) is 3.80. The Hall–Kier alpha value is 0.520. The molecule has 0 aliphatic carbocycles. The van der Waals surface area contributed by atoms with Gasteiger partial charge in [0.2, 0.25) is 3.68 Å². The molecule has 0 N–H and O–H groups in total. The Balaban J connectivity index is 4.02. The molecule has 8 heavy (non-hydrogen) atoms. The van der Waals surface area contributed by atoms with E-state index >= 15 is 0 Å². The number of hydrogen-bond acceptors (Lipinski definition) is 0. The van der Waals surface area contributed by atoms with Gasteiger partial charge in [0.05, 0.1) is 0 Å². The first-order valence-corrected chi connectivity index (χ1v) is 3.08. The molecule has 0 aromatic heterocycles. The van der Waals surface area contributed by atoms with E-state index in [1.807, 2.05) is 0 Å². The van der Waals surface area contributed by atoms with E-state index in [1.54, 1.807) is 0 Å². The predicted octanol–water partition coefficient (Wildman–Crippen LogP) is 2.76. The molecule has 4 heteroatoms. The molecular formula is C4H6F3I. The minimum Gasteiger partial charge on any atom is -0.226 e. The average Bonchev–Trinajstić information content (AvgIpc) is 1.25. The van der Waals surface area contributed by atoms with E-state index in [4.69, 9.17) is 0 Å². The van der Waals surface area contributed by atoms with Crippen LogP contribution in [0, 0.1) is 0 Å². The van der Waals surface area contributed by atoms with Gasteiger partial charge in [-0.1, -0.05) is 0 Å². The van der Waals surface area contributed by atoms with Gasteiger partial charge in [-0.05, 0) is 29.5 Å². The molecule has 0 heterocycles. The molecule has 0 radical (unpaired) electrons. The first-order chi connectivity index (χ1) is 3.25. The number of hydrogen-bond donors (Lipinski definition) is 0. The molecule has 0 spiro atoms. The molecule has 0 aromatic carbocycles. The van der Waals surface area contributed by atoms with Gasteiger partial charge in [-0.25, -0.2) is 13.2 Å². The fourth-order valence-electron chi connectivity index (χ4n) is 0. The largest absolute Gasteiger partial charge is 0.287 e. The van der Waals surface area contributed by atoms with E-state index in [-0.39, 0.29) is 0 Å². The summed E-state index contributed by atoms with van der Waals surface area (Å²) in [5.74, 6) is -3.24. The summed E-state index contributed by atoms with van der Waals surface area (Å²) in [5, 5.41) is 0. The third kappa shape index (κ3) is 2.19. The molecule has 50 valence electrons. The summed E-state index contributed by atoms with van der Waals surface area (Å²) in [6, 6.07) is 0. The lowest BCUT2D eigenvalue weighted by atomic mass is 10.3. The topological polar surface area (TPSA) is 0 Å². The van der Waals surface area contributed by atoms with Gasteiger partial charge in [0, 0.05) is 6.92 Å². The molecule has 0 aromatic rings. The third-order valence-corrected chi connectivity index (χ3v) is 1.72. The van der Waals surface area contributed by atoms with Gasteiger partial charge >= 0.3 is 0 Å². The number of halogens is 4. The average molecular weight is 238 g/mol. The third-order valence-electron chi connectivity index (χ3n) is 0.771. The molecular weight excluding hydrogens is 232 g/mol. The first kappa shape index (κ1) is 8.52. The fraction of sp³-hybridized carbons (Fsp3) is 1.00. The van der Waals surface area contributed by atoms with Crippen molar-refractivity contribution >= 4 is 22.6 Å². The van der Waals surface area contributed by atoms with Crippen LogP contribution < -0.4 is 0 Å². The lowest BCUT2D eigenvalue weighted by molar-refractivity contribution is -0.0560. The molecule has 0 nitrogen and oxygen atoms in total. The quantitative estimate of drug-likeness (QED) is 0.486. The molecule has 0 fully saturated rings. The van der Waals surface area contributed by atoms with Crippen molar-refractivity contribution in [2.24, 2.45) is 0 Å². The van der Waals surface area contributed by atoms with E-state index in [2.05, 4.69) is 0 Å². The van der Waals surface area contributed by atoms with Crippen molar-refractivity contribution in [1.29, 1.82) is 0 Å². The summed E-state index contributed by atoms with van der Waals surface area (Å²) in [4.78, 5) is 0. The Bertz CT molecular complexity index is 66.3. The molecule has 0 rings (SSSR count). The van der Waals surface area contributed by atoms with Gasteiger partial charge < -0.3 is 0 Å². The Morgan fingerprint density at radius 1 is 1.12 bits per heavy atom. The maximum absolute atomic E-state index is 12.1. The van der Waals surface area contributed by atoms with E-state index < -0.39 is 9.60 Å². The van der Waals surface area contributed by atoms with Crippen molar-refractivity contribution < 1.29 is 13.2 Å². The highest BCUT2D eigenvalue weighted by Crippen LogP contribution is 2.36. The van der Waals surface area contributed by atoms with Crippen molar-refractivity contribution in [3.63, 3.8) is 0 Å². The number of alkyl halides is 4. The SMILES string of the molecule is CC(F)(F)[C@](C)(F)I. The molecule has 0 bridgehead atoms. The van der Waals surface area contributed by atoms with Crippen LogP contribution in [-0.2, 0) is 0 Å². The minimum absolute atomic E-state index is 0.555. The smallest absolute Gasteiger partial charge is 0.226 e. The molecule has 0 amide bonds. The van der Waals surface area contributed by atoms with Crippen molar-refractivity contribution in [2.45, 2.75) is 23.4 Å². The standard InChI is InChI=1S/C4H6F3I/c1-3(5,6)4(2,7)8/h1-2H3/t4-/m1/s1. The lowest BCUT2D eigenvalue weighted by Crippen LogP contribution is -2.31. The van der Waals surface area contributed by atoms with E-state index in [1.165, 1.54) is 0 Å². The maximum atomic E-state index is 12.1. The van der Waals surface area contributed by atoms with Crippen LogP contribution in [0.2, 0.25) is 0 Å². The normalized spacial score (nSPS) is 20.2. The second-order valence-electron chi connectivity index (χ2n) is 1.78. The highest BCUT2D eigenvalue weighted by Gasteiger charge is 2.44. The Morgan fingerprint density at radius 3 is 1.25 bits per heavy atom. The van der Waals surface area contributed by atoms with Gasteiger partial charge in [-0.15, -0.1) is 0 Å². The maximum Gasteiger partial charge on any atom is 0.287 e. The molecule has 0 aliphatic rings. The zero-order valence-corrected chi connectivity index (χ0v) is 6.67. The summed E-state index contributed by atoms with van der Waals surface area (Å²) >= 11 is 1.07.